The van der Waals surface area contributed by atoms with Crippen molar-refractivity contribution < 1.29 is 23.9 Å². The molecule has 0 aliphatic carbocycles. The van der Waals surface area contributed by atoms with Gasteiger partial charge in [0.25, 0.3) is 0 Å². The fourth-order valence-electron chi connectivity index (χ4n) is 2.13. The first-order valence-corrected chi connectivity index (χ1v) is 8.86. The zero-order valence-corrected chi connectivity index (χ0v) is 14.9. The van der Waals surface area contributed by atoms with E-state index in [0.29, 0.717) is 23.1 Å². The van der Waals surface area contributed by atoms with Crippen molar-refractivity contribution in [2.45, 2.75) is 13.8 Å². The van der Waals surface area contributed by atoms with E-state index >= 15 is 0 Å². The lowest BCUT2D eigenvalue weighted by Crippen LogP contribution is -2.34. The number of nitrogens with zero attached hydrogens (tertiary/aromatic N) is 1. The summed E-state index contributed by atoms with van der Waals surface area (Å²) < 4.78 is 10.2. The Balaban J connectivity index is 1.97. The summed E-state index contributed by atoms with van der Waals surface area (Å²) in [7, 11) is 0. The molecule has 134 valence electrons. The van der Waals surface area contributed by atoms with Crippen LogP contribution in [0.25, 0.3) is 0 Å². The molecule has 0 spiro atoms. The molecule has 7 nitrogen and oxygen atoms in total. The Hall–Kier alpha value is -2.48. The first-order valence-electron chi connectivity index (χ1n) is 7.87. The second-order valence-electron chi connectivity index (χ2n) is 5.01. The van der Waals surface area contributed by atoms with Crippen molar-refractivity contribution in [2.24, 2.45) is 0 Å². The van der Waals surface area contributed by atoms with Crippen molar-refractivity contribution in [3.63, 3.8) is 0 Å². The fourth-order valence-corrected chi connectivity index (χ4v) is 3.06. The Labute approximate surface area is 150 Å². The summed E-state index contributed by atoms with van der Waals surface area (Å²) in [6, 6.07) is 6.95. The lowest BCUT2D eigenvalue weighted by Gasteiger charge is -2.16. The number of amides is 2. The Bertz CT molecular complexity index is 672. The largest absolute Gasteiger partial charge is 0.494 e. The summed E-state index contributed by atoms with van der Waals surface area (Å²) in [5, 5.41) is 3.14. The van der Waals surface area contributed by atoms with Gasteiger partial charge in [-0.05, 0) is 38.1 Å². The lowest BCUT2D eigenvalue weighted by atomic mass is 10.3. The molecule has 0 bridgehead atoms. The van der Waals surface area contributed by atoms with Crippen LogP contribution < -0.4 is 10.1 Å². The predicted molar refractivity (Wildman–Crippen MR) is 95.1 cm³/mol. The molecule has 1 saturated heterocycles. The van der Waals surface area contributed by atoms with Crippen LogP contribution in [0.3, 0.4) is 0 Å². The van der Waals surface area contributed by atoms with Crippen LogP contribution in [-0.2, 0) is 19.1 Å². The number of carbonyl (C=O) groups excluding carboxylic acids is 3. The number of anilines is 1. The van der Waals surface area contributed by atoms with Gasteiger partial charge in [0, 0.05) is 5.69 Å². The molecule has 1 aliphatic heterocycles. The average Bonchev–Trinajstić information content (AvgIpc) is 2.90. The molecule has 1 N–H and O–H groups in total. The second-order valence-corrected chi connectivity index (χ2v) is 6.00. The van der Waals surface area contributed by atoms with Crippen molar-refractivity contribution in [3.8, 4) is 5.75 Å². The maximum absolute atomic E-state index is 12.2. The van der Waals surface area contributed by atoms with Gasteiger partial charge in [0.05, 0.1) is 30.1 Å². The summed E-state index contributed by atoms with van der Waals surface area (Å²) in [5.41, 5.74) is 0.601. The highest BCUT2D eigenvalue weighted by atomic mass is 32.2. The highest BCUT2D eigenvalue weighted by molar-refractivity contribution is 8.04. The minimum Gasteiger partial charge on any atom is -0.494 e. The zero-order valence-electron chi connectivity index (χ0n) is 14.1. The van der Waals surface area contributed by atoms with Gasteiger partial charge >= 0.3 is 5.97 Å². The molecule has 1 aliphatic rings. The Kier molecular flexibility index (Phi) is 6.88. The minimum absolute atomic E-state index is 0.162. The molecule has 25 heavy (non-hydrogen) atoms. The van der Waals surface area contributed by atoms with E-state index in [1.54, 1.807) is 31.2 Å². The van der Waals surface area contributed by atoms with Crippen LogP contribution in [-0.4, -0.2) is 48.2 Å². The first-order chi connectivity index (χ1) is 12.0. The average molecular weight is 364 g/mol. The van der Waals surface area contributed by atoms with Gasteiger partial charge in [0.2, 0.25) is 11.8 Å². The SMILES string of the molecule is CCOC(=O)C=C1SCC(=O)N1CC(=O)Nc1ccc(OCC)cc1. The van der Waals surface area contributed by atoms with E-state index in [1.165, 1.54) is 22.7 Å². The zero-order chi connectivity index (χ0) is 18.2. The number of hydrogen-bond donors (Lipinski definition) is 1. The summed E-state index contributed by atoms with van der Waals surface area (Å²) in [6.45, 7) is 4.24. The molecule has 0 radical (unpaired) electrons. The quantitative estimate of drug-likeness (QED) is 0.588. The minimum atomic E-state index is -0.531. The van der Waals surface area contributed by atoms with E-state index in [9.17, 15) is 14.4 Å². The van der Waals surface area contributed by atoms with Crippen LogP contribution in [0.1, 0.15) is 13.8 Å². The van der Waals surface area contributed by atoms with Gasteiger partial charge in [-0.3, -0.25) is 14.5 Å². The van der Waals surface area contributed by atoms with Crippen LogP contribution in [0.15, 0.2) is 35.4 Å². The van der Waals surface area contributed by atoms with Crippen LogP contribution in [0, 0.1) is 0 Å². The van der Waals surface area contributed by atoms with Crippen LogP contribution in [0.4, 0.5) is 5.69 Å². The number of rotatable bonds is 7. The highest BCUT2D eigenvalue weighted by Gasteiger charge is 2.29. The van der Waals surface area contributed by atoms with E-state index in [1.807, 2.05) is 6.92 Å². The number of hydrogen-bond acceptors (Lipinski definition) is 6. The molecule has 0 unspecified atom stereocenters. The molecule has 1 heterocycles. The van der Waals surface area contributed by atoms with Crippen molar-refractivity contribution in [2.75, 3.05) is 30.8 Å². The number of ether oxygens (including phenoxy) is 2. The third-order valence-corrected chi connectivity index (χ3v) is 4.21. The molecular formula is C17H20N2O5S. The molecule has 0 saturated carbocycles. The molecule has 1 aromatic rings. The molecule has 8 heteroatoms. The number of esters is 1. The number of thioether (sulfide) groups is 1. The number of carbonyl (C=O) groups is 3. The Morgan fingerprint density at radius 2 is 1.96 bits per heavy atom. The normalized spacial score (nSPS) is 15.4. The van der Waals surface area contributed by atoms with E-state index in [4.69, 9.17) is 9.47 Å². The smallest absolute Gasteiger partial charge is 0.333 e. The Morgan fingerprint density at radius 1 is 1.24 bits per heavy atom. The fraction of sp³-hybridized carbons (Fsp3) is 0.353. The summed E-state index contributed by atoms with van der Waals surface area (Å²) in [5.74, 6) is -0.193. The van der Waals surface area contributed by atoms with Crippen molar-refractivity contribution in [1.82, 2.24) is 4.90 Å². The van der Waals surface area contributed by atoms with Gasteiger partial charge in [-0.2, -0.15) is 0 Å². The molecule has 1 fully saturated rings. The third-order valence-electron chi connectivity index (χ3n) is 3.19. The van der Waals surface area contributed by atoms with Gasteiger partial charge < -0.3 is 14.8 Å². The molecule has 0 aromatic heterocycles. The number of nitrogens with one attached hydrogen (secondary N) is 1. The standard InChI is InChI=1S/C17H20N2O5S/c1-3-23-13-7-5-12(6-8-13)18-14(20)10-19-15(21)11-25-16(19)9-17(22)24-4-2/h5-9H,3-4,10-11H2,1-2H3,(H,18,20). The van der Waals surface area contributed by atoms with Gasteiger partial charge in [-0.15, -0.1) is 0 Å². The summed E-state index contributed by atoms with van der Waals surface area (Å²) in [6.07, 6.45) is 1.24. The summed E-state index contributed by atoms with van der Waals surface area (Å²) >= 11 is 1.21. The van der Waals surface area contributed by atoms with Gasteiger partial charge in [-0.1, -0.05) is 11.8 Å². The van der Waals surface area contributed by atoms with Gasteiger partial charge in [0.15, 0.2) is 0 Å². The topological polar surface area (TPSA) is 84.9 Å². The Morgan fingerprint density at radius 3 is 2.60 bits per heavy atom. The first kappa shape index (κ1) is 18.9. The summed E-state index contributed by atoms with van der Waals surface area (Å²) in [4.78, 5) is 37.0. The maximum Gasteiger partial charge on any atom is 0.333 e. The molecule has 2 rings (SSSR count). The van der Waals surface area contributed by atoms with E-state index in [0.717, 1.165) is 0 Å². The molecule has 1 aromatic carbocycles. The van der Waals surface area contributed by atoms with E-state index in [-0.39, 0.29) is 30.7 Å². The van der Waals surface area contributed by atoms with Gasteiger partial charge in [0.1, 0.15) is 12.3 Å². The van der Waals surface area contributed by atoms with Crippen LogP contribution >= 0.6 is 11.8 Å². The van der Waals surface area contributed by atoms with E-state index < -0.39 is 5.97 Å². The van der Waals surface area contributed by atoms with E-state index in [2.05, 4.69) is 5.32 Å². The van der Waals surface area contributed by atoms with Crippen LogP contribution in [0.2, 0.25) is 0 Å². The molecule has 2 amide bonds. The maximum atomic E-state index is 12.2. The third kappa shape index (κ3) is 5.53. The monoisotopic (exact) mass is 364 g/mol. The van der Waals surface area contributed by atoms with Crippen molar-refractivity contribution in [3.05, 3.63) is 35.4 Å². The second kappa shape index (κ2) is 9.12. The van der Waals surface area contributed by atoms with Crippen molar-refractivity contribution >= 4 is 35.2 Å². The lowest BCUT2D eigenvalue weighted by molar-refractivity contribution is -0.137. The highest BCUT2D eigenvalue weighted by Crippen LogP contribution is 2.28. The van der Waals surface area contributed by atoms with Gasteiger partial charge in [-0.25, -0.2) is 4.79 Å². The number of benzene rings is 1. The van der Waals surface area contributed by atoms with Crippen LogP contribution in [0.5, 0.6) is 5.75 Å². The van der Waals surface area contributed by atoms with Crippen molar-refractivity contribution in [1.29, 1.82) is 0 Å². The predicted octanol–water partition coefficient (Wildman–Crippen LogP) is 2.00. The molecule has 0 atom stereocenters. The molecular weight excluding hydrogens is 344 g/mol.